The molecule has 0 amide bonds. The lowest BCUT2D eigenvalue weighted by Crippen LogP contribution is -2.26. The maximum atomic E-state index is 11.8. The topological polar surface area (TPSA) is 94.3 Å². The Kier molecular flexibility index (Phi) is 5.60. The molecule has 0 aliphatic rings. The molecular formula is C10H15N3O3S2. The Morgan fingerprint density at radius 2 is 2.28 bits per heavy atom. The number of hydrogen-bond acceptors (Lipinski definition) is 5. The molecule has 1 aromatic heterocycles. The lowest BCUT2D eigenvalue weighted by Gasteiger charge is -2.06. The summed E-state index contributed by atoms with van der Waals surface area (Å²) in [7, 11) is -1.97. The molecule has 0 fully saturated rings. The summed E-state index contributed by atoms with van der Waals surface area (Å²) in [5, 5.41) is 0. The van der Waals surface area contributed by atoms with Gasteiger partial charge >= 0.3 is 0 Å². The molecule has 0 aliphatic heterocycles. The first-order chi connectivity index (χ1) is 8.47. The van der Waals surface area contributed by atoms with Gasteiger partial charge in [-0.15, -0.1) is 0 Å². The highest BCUT2D eigenvalue weighted by Gasteiger charge is 2.13. The van der Waals surface area contributed by atoms with Crippen LogP contribution in [0.25, 0.3) is 0 Å². The summed E-state index contributed by atoms with van der Waals surface area (Å²) in [5.41, 5.74) is 5.77. The normalized spacial score (nSPS) is 11.4. The summed E-state index contributed by atoms with van der Waals surface area (Å²) in [6.07, 6.45) is 1.83. The van der Waals surface area contributed by atoms with E-state index in [1.165, 1.54) is 18.3 Å². The van der Waals surface area contributed by atoms with Crippen LogP contribution in [0, 0.1) is 0 Å². The Balaban J connectivity index is 2.70. The first-order valence-electron chi connectivity index (χ1n) is 5.22. The molecule has 0 saturated heterocycles. The van der Waals surface area contributed by atoms with Gasteiger partial charge in [0.2, 0.25) is 10.0 Å². The van der Waals surface area contributed by atoms with Crippen molar-refractivity contribution in [2.24, 2.45) is 5.73 Å². The smallest absolute Gasteiger partial charge is 0.242 e. The average Bonchev–Trinajstić information content (AvgIpc) is 2.35. The molecule has 6 nitrogen and oxygen atoms in total. The lowest BCUT2D eigenvalue weighted by atomic mass is 10.3. The molecule has 3 N–H and O–H groups in total. The number of hydrogen-bond donors (Lipinski definition) is 2. The molecule has 0 spiro atoms. The predicted molar refractivity (Wildman–Crippen MR) is 71.8 cm³/mol. The van der Waals surface area contributed by atoms with Crippen molar-refractivity contribution in [2.75, 3.05) is 20.3 Å². The molecular weight excluding hydrogens is 274 g/mol. The van der Waals surface area contributed by atoms with Crippen LogP contribution >= 0.6 is 12.2 Å². The van der Waals surface area contributed by atoms with E-state index in [1.54, 1.807) is 7.11 Å². The van der Waals surface area contributed by atoms with Gasteiger partial charge in [0.05, 0.1) is 5.69 Å². The number of ether oxygens (including phenoxy) is 1. The van der Waals surface area contributed by atoms with Gasteiger partial charge in [0, 0.05) is 26.5 Å². The van der Waals surface area contributed by atoms with Gasteiger partial charge in [-0.25, -0.2) is 13.1 Å². The monoisotopic (exact) mass is 289 g/mol. The number of aromatic nitrogens is 1. The van der Waals surface area contributed by atoms with Gasteiger partial charge in [-0.2, -0.15) is 0 Å². The molecule has 0 saturated carbocycles. The van der Waals surface area contributed by atoms with Crippen LogP contribution in [0.5, 0.6) is 0 Å². The fourth-order valence-electron chi connectivity index (χ4n) is 1.19. The first-order valence-corrected chi connectivity index (χ1v) is 7.11. The third kappa shape index (κ3) is 4.30. The Hall–Kier alpha value is -1.09. The fraction of sp³-hybridized carbons (Fsp3) is 0.400. The van der Waals surface area contributed by atoms with Crippen LogP contribution < -0.4 is 10.5 Å². The van der Waals surface area contributed by atoms with E-state index < -0.39 is 10.0 Å². The fourth-order valence-corrected chi connectivity index (χ4v) is 2.33. The van der Waals surface area contributed by atoms with Crippen LogP contribution in [0.1, 0.15) is 12.1 Å². The minimum atomic E-state index is -3.54. The maximum Gasteiger partial charge on any atom is 0.242 e. The second kappa shape index (κ2) is 6.74. The largest absolute Gasteiger partial charge is 0.388 e. The minimum Gasteiger partial charge on any atom is -0.388 e. The molecule has 0 bridgehead atoms. The standard InChI is InChI=1S/C10H15N3O3S2/c1-16-6-2-5-13-18(14,15)8-3-4-9(10(11)17)12-7-8/h3-4,7,13H,2,5-6H2,1H3,(H2,11,17). The van der Waals surface area contributed by atoms with E-state index in [2.05, 4.69) is 9.71 Å². The van der Waals surface area contributed by atoms with E-state index in [-0.39, 0.29) is 9.88 Å². The van der Waals surface area contributed by atoms with Crippen LogP contribution in [-0.2, 0) is 14.8 Å². The number of methoxy groups -OCH3 is 1. The van der Waals surface area contributed by atoms with Crippen LogP contribution in [0.3, 0.4) is 0 Å². The summed E-state index contributed by atoms with van der Waals surface area (Å²) in [6.45, 7) is 0.814. The molecule has 1 aromatic rings. The summed E-state index contributed by atoms with van der Waals surface area (Å²) >= 11 is 4.73. The minimum absolute atomic E-state index is 0.0833. The summed E-state index contributed by atoms with van der Waals surface area (Å²) in [6, 6.07) is 2.90. The van der Waals surface area contributed by atoms with E-state index in [4.69, 9.17) is 22.7 Å². The predicted octanol–water partition coefficient (Wildman–Crippen LogP) is 0.0306. The number of thiocarbonyl (C=S) groups is 1. The van der Waals surface area contributed by atoms with Gasteiger partial charge in [0.25, 0.3) is 0 Å². The molecule has 0 unspecified atom stereocenters. The number of pyridine rings is 1. The Morgan fingerprint density at radius 1 is 1.56 bits per heavy atom. The van der Waals surface area contributed by atoms with Crippen LogP contribution in [0.2, 0.25) is 0 Å². The van der Waals surface area contributed by atoms with Crippen molar-refractivity contribution in [1.82, 2.24) is 9.71 Å². The van der Waals surface area contributed by atoms with Crippen molar-refractivity contribution in [3.8, 4) is 0 Å². The van der Waals surface area contributed by atoms with Crippen molar-refractivity contribution >= 4 is 27.2 Å². The van der Waals surface area contributed by atoms with Crippen molar-refractivity contribution < 1.29 is 13.2 Å². The van der Waals surface area contributed by atoms with Crippen LogP contribution in [0.15, 0.2) is 23.2 Å². The van der Waals surface area contributed by atoms with Gasteiger partial charge in [-0.1, -0.05) is 12.2 Å². The zero-order chi connectivity index (χ0) is 13.6. The molecule has 1 rings (SSSR count). The molecule has 0 aromatic carbocycles. The number of sulfonamides is 1. The van der Waals surface area contributed by atoms with Crippen molar-refractivity contribution in [2.45, 2.75) is 11.3 Å². The average molecular weight is 289 g/mol. The van der Waals surface area contributed by atoms with Crippen molar-refractivity contribution in [3.63, 3.8) is 0 Å². The number of nitrogens with one attached hydrogen (secondary N) is 1. The number of rotatable bonds is 7. The molecule has 0 aliphatic carbocycles. The second-order valence-electron chi connectivity index (χ2n) is 3.49. The van der Waals surface area contributed by atoms with Crippen LogP contribution in [-0.4, -0.2) is 38.7 Å². The molecule has 18 heavy (non-hydrogen) atoms. The maximum absolute atomic E-state index is 11.8. The van der Waals surface area contributed by atoms with E-state index in [1.807, 2.05) is 0 Å². The van der Waals surface area contributed by atoms with Gasteiger partial charge in [-0.3, -0.25) is 4.98 Å². The SMILES string of the molecule is COCCCNS(=O)(=O)c1ccc(C(N)=S)nc1. The molecule has 0 radical (unpaired) electrons. The third-order valence-corrected chi connectivity index (χ3v) is 3.77. The molecule has 8 heteroatoms. The zero-order valence-corrected chi connectivity index (χ0v) is 11.6. The number of nitrogens with two attached hydrogens (primary N) is 1. The quantitative estimate of drug-likeness (QED) is 0.543. The summed E-state index contributed by atoms with van der Waals surface area (Å²) in [4.78, 5) is 4.09. The number of nitrogens with zero attached hydrogens (tertiary/aromatic N) is 1. The molecule has 100 valence electrons. The molecule has 0 atom stereocenters. The summed E-state index contributed by atoms with van der Waals surface area (Å²) in [5.74, 6) is 0. The van der Waals surface area contributed by atoms with Gasteiger partial charge in [0.1, 0.15) is 9.88 Å². The van der Waals surface area contributed by atoms with Gasteiger partial charge in [-0.05, 0) is 18.6 Å². The summed E-state index contributed by atoms with van der Waals surface area (Å²) < 4.78 is 30.9. The Bertz CT molecular complexity index is 500. The third-order valence-electron chi connectivity index (χ3n) is 2.12. The Morgan fingerprint density at radius 3 is 2.78 bits per heavy atom. The van der Waals surface area contributed by atoms with E-state index in [0.29, 0.717) is 25.3 Å². The first kappa shape index (κ1) is 15.0. The van der Waals surface area contributed by atoms with Gasteiger partial charge < -0.3 is 10.5 Å². The molecule has 1 heterocycles. The zero-order valence-electron chi connectivity index (χ0n) is 9.92. The highest BCUT2D eigenvalue weighted by molar-refractivity contribution is 7.89. The second-order valence-corrected chi connectivity index (χ2v) is 5.69. The Labute approximate surface area is 112 Å². The van der Waals surface area contributed by atoms with E-state index in [0.717, 1.165) is 0 Å². The van der Waals surface area contributed by atoms with E-state index in [9.17, 15) is 8.42 Å². The highest BCUT2D eigenvalue weighted by Crippen LogP contribution is 2.07. The van der Waals surface area contributed by atoms with Crippen molar-refractivity contribution in [1.29, 1.82) is 0 Å². The highest BCUT2D eigenvalue weighted by atomic mass is 32.2. The van der Waals surface area contributed by atoms with Crippen LogP contribution in [0.4, 0.5) is 0 Å². The lowest BCUT2D eigenvalue weighted by molar-refractivity contribution is 0.196. The van der Waals surface area contributed by atoms with Crippen molar-refractivity contribution in [3.05, 3.63) is 24.0 Å². The van der Waals surface area contributed by atoms with Gasteiger partial charge in [0.15, 0.2) is 0 Å². The van der Waals surface area contributed by atoms with E-state index >= 15 is 0 Å².